The molecule has 0 bridgehead atoms. The monoisotopic (exact) mass is 312 g/mol. The smallest absolute Gasteiger partial charge is 0.256 e. The molecule has 1 amide bonds. The molecule has 0 radical (unpaired) electrons. The number of nitriles is 1. The van der Waals surface area contributed by atoms with E-state index in [-0.39, 0.29) is 11.9 Å². The van der Waals surface area contributed by atoms with Gasteiger partial charge >= 0.3 is 0 Å². The largest absolute Gasteiger partial charge is 0.383 e. The number of benzene rings is 2. The normalized spacial score (nSPS) is 21.0. The third kappa shape index (κ3) is 2.57. The maximum Gasteiger partial charge on any atom is 0.256 e. The van der Waals surface area contributed by atoms with Crippen LogP contribution in [0.4, 0.5) is 5.69 Å². The number of hydrogen-bond donors (Lipinski definition) is 1. The zero-order valence-corrected chi connectivity index (χ0v) is 12.4. The van der Waals surface area contributed by atoms with E-state index < -0.39 is 6.10 Å². The van der Waals surface area contributed by atoms with Crippen LogP contribution >= 0.6 is 11.6 Å². The van der Waals surface area contributed by atoms with Gasteiger partial charge in [-0.1, -0.05) is 23.7 Å². The van der Waals surface area contributed by atoms with E-state index in [9.17, 15) is 9.90 Å². The van der Waals surface area contributed by atoms with E-state index >= 15 is 0 Å². The molecule has 1 heterocycles. The molecular formula is C17H13ClN2O2. The number of amides is 1. The van der Waals surface area contributed by atoms with Gasteiger partial charge < -0.3 is 10.0 Å². The van der Waals surface area contributed by atoms with E-state index in [1.165, 1.54) is 0 Å². The topological polar surface area (TPSA) is 64.3 Å². The Labute approximate surface area is 133 Å². The molecule has 0 aromatic heterocycles. The summed E-state index contributed by atoms with van der Waals surface area (Å²) in [5.41, 5.74) is 2.06. The average molecular weight is 313 g/mol. The summed E-state index contributed by atoms with van der Waals surface area (Å²) in [4.78, 5) is 13.9. The standard InChI is InChI=1S/C17H13ClN2O2/c18-13-3-1-2-12(8-13)15-9-16(21)17(22)20(15)14-6-4-11(10-19)5-7-14/h1-8,15-16,21H,9H2. The summed E-state index contributed by atoms with van der Waals surface area (Å²) in [6, 6.07) is 15.8. The van der Waals surface area contributed by atoms with Crippen LogP contribution in [-0.2, 0) is 4.79 Å². The maximum absolute atomic E-state index is 12.3. The first-order valence-corrected chi connectivity index (χ1v) is 7.24. The van der Waals surface area contributed by atoms with Gasteiger partial charge in [0.1, 0.15) is 6.10 Å². The number of anilines is 1. The fourth-order valence-electron chi connectivity index (χ4n) is 2.73. The van der Waals surface area contributed by atoms with Crippen molar-refractivity contribution < 1.29 is 9.90 Å². The quantitative estimate of drug-likeness (QED) is 0.927. The second-order valence-corrected chi connectivity index (χ2v) is 5.63. The first kappa shape index (κ1) is 14.6. The summed E-state index contributed by atoms with van der Waals surface area (Å²) in [5, 5.41) is 19.4. The molecule has 0 spiro atoms. The van der Waals surface area contributed by atoms with Gasteiger partial charge in [-0.25, -0.2) is 0 Å². The van der Waals surface area contributed by atoms with Crippen molar-refractivity contribution in [1.29, 1.82) is 5.26 Å². The van der Waals surface area contributed by atoms with Gasteiger partial charge in [-0.2, -0.15) is 5.26 Å². The molecule has 1 N–H and O–H groups in total. The van der Waals surface area contributed by atoms with Gasteiger partial charge in [0.05, 0.1) is 17.7 Å². The Morgan fingerprint density at radius 1 is 1.23 bits per heavy atom. The Kier molecular flexibility index (Phi) is 3.84. The second kappa shape index (κ2) is 5.80. The van der Waals surface area contributed by atoms with Crippen LogP contribution in [0.25, 0.3) is 0 Å². The minimum absolute atomic E-state index is 0.269. The van der Waals surface area contributed by atoms with Crippen LogP contribution in [0.15, 0.2) is 48.5 Å². The molecule has 0 saturated carbocycles. The molecule has 22 heavy (non-hydrogen) atoms. The number of aliphatic hydroxyl groups is 1. The van der Waals surface area contributed by atoms with E-state index in [0.717, 1.165) is 5.56 Å². The molecule has 3 rings (SSSR count). The molecule has 1 fully saturated rings. The summed E-state index contributed by atoms with van der Waals surface area (Å²) in [7, 11) is 0. The molecule has 0 aliphatic carbocycles. The van der Waals surface area contributed by atoms with Crippen molar-refractivity contribution in [2.24, 2.45) is 0 Å². The fourth-order valence-corrected chi connectivity index (χ4v) is 2.93. The molecule has 2 aromatic rings. The fraction of sp³-hybridized carbons (Fsp3) is 0.176. The van der Waals surface area contributed by atoms with E-state index in [1.807, 2.05) is 18.2 Å². The number of carbonyl (C=O) groups is 1. The predicted molar refractivity (Wildman–Crippen MR) is 83.5 cm³/mol. The minimum atomic E-state index is -1.03. The van der Waals surface area contributed by atoms with Crippen molar-refractivity contribution in [2.75, 3.05) is 4.90 Å². The average Bonchev–Trinajstić information content (AvgIpc) is 2.83. The highest BCUT2D eigenvalue weighted by atomic mass is 35.5. The van der Waals surface area contributed by atoms with Crippen LogP contribution in [0.1, 0.15) is 23.6 Å². The van der Waals surface area contributed by atoms with Gasteiger partial charge in [-0.3, -0.25) is 4.79 Å². The van der Waals surface area contributed by atoms with E-state index in [1.54, 1.807) is 41.3 Å². The third-order valence-corrected chi connectivity index (χ3v) is 4.02. The van der Waals surface area contributed by atoms with Crippen LogP contribution in [0.5, 0.6) is 0 Å². The van der Waals surface area contributed by atoms with E-state index in [4.69, 9.17) is 16.9 Å². The molecular weight excluding hydrogens is 300 g/mol. The first-order valence-electron chi connectivity index (χ1n) is 6.87. The summed E-state index contributed by atoms with van der Waals surface area (Å²) < 4.78 is 0. The Morgan fingerprint density at radius 3 is 2.59 bits per heavy atom. The van der Waals surface area contributed by atoms with Crippen molar-refractivity contribution in [3.8, 4) is 6.07 Å². The van der Waals surface area contributed by atoms with Crippen molar-refractivity contribution in [2.45, 2.75) is 18.6 Å². The maximum atomic E-state index is 12.3. The van der Waals surface area contributed by atoms with Gasteiger partial charge in [0.25, 0.3) is 5.91 Å². The van der Waals surface area contributed by atoms with Gasteiger partial charge in [0.2, 0.25) is 0 Å². The van der Waals surface area contributed by atoms with Gasteiger partial charge in [-0.05, 0) is 42.0 Å². The molecule has 1 aliphatic heterocycles. The van der Waals surface area contributed by atoms with Crippen molar-refractivity contribution in [3.63, 3.8) is 0 Å². The van der Waals surface area contributed by atoms with Crippen LogP contribution in [0.3, 0.4) is 0 Å². The number of aliphatic hydroxyl groups excluding tert-OH is 1. The number of carbonyl (C=O) groups excluding carboxylic acids is 1. The molecule has 110 valence electrons. The summed E-state index contributed by atoms with van der Waals surface area (Å²) in [5.74, 6) is -0.338. The highest BCUT2D eigenvalue weighted by Crippen LogP contribution is 2.37. The van der Waals surface area contributed by atoms with Crippen molar-refractivity contribution >= 4 is 23.2 Å². The summed E-state index contributed by atoms with van der Waals surface area (Å²) >= 11 is 6.03. The molecule has 1 saturated heterocycles. The zero-order chi connectivity index (χ0) is 15.7. The molecule has 5 heteroatoms. The number of halogens is 1. The van der Waals surface area contributed by atoms with Crippen LogP contribution in [0.2, 0.25) is 5.02 Å². The molecule has 2 aromatic carbocycles. The lowest BCUT2D eigenvalue weighted by Gasteiger charge is -2.25. The Hall–Kier alpha value is -2.35. The van der Waals surface area contributed by atoms with Gasteiger partial charge in [-0.15, -0.1) is 0 Å². The van der Waals surface area contributed by atoms with Crippen molar-refractivity contribution in [1.82, 2.24) is 0 Å². The highest BCUT2D eigenvalue weighted by Gasteiger charge is 2.40. The lowest BCUT2D eigenvalue weighted by Crippen LogP contribution is -2.30. The Bertz CT molecular complexity index is 752. The SMILES string of the molecule is N#Cc1ccc(N2C(=O)C(O)CC2c2cccc(Cl)c2)cc1. The Balaban J connectivity index is 2.01. The Morgan fingerprint density at radius 2 is 1.95 bits per heavy atom. The molecule has 4 nitrogen and oxygen atoms in total. The molecule has 2 unspecified atom stereocenters. The third-order valence-electron chi connectivity index (χ3n) is 3.79. The summed E-state index contributed by atoms with van der Waals surface area (Å²) in [6.45, 7) is 0. The first-order chi connectivity index (χ1) is 10.6. The predicted octanol–water partition coefficient (Wildman–Crippen LogP) is 3.05. The number of nitrogens with zero attached hydrogens (tertiary/aromatic N) is 2. The lowest BCUT2D eigenvalue weighted by molar-refractivity contribution is -0.124. The zero-order valence-electron chi connectivity index (χ0n) is 11.6. The summed E-state index contributed by atoms with van der Waals surface area (Å²) in [6.07, 6.45) is -0.709. The minimum Gasteiger partial charge on any atom is -0.383 e. The highest BCUT2D eigenvalue weighted by molar-refractivity contribution is 6.30. The van der Waals surface area contributed by atoms with E-state index in [2.05, 4.69) is 0 Å². The van der Waals surface area contributed by atoms with Gasteiger partial charge in [0.15, 0.2) is 0 Å². The van der Waals surface area contributed by atoms with Gasteiger partial charge in [0, 0.05) is 17.1 Å². The van der Waals surface area contributed by atoms with Crippen LogP contribution in [0, 0.1) is 11.3 Å². The lowest BCUT2D eigenvalue weighted by atomic mass is 10.0. The molecule has 2 atom stereocenters. The van der Waals surface area contributed by atoms with Crippen LogP contribution < -0.4 is 4.90 Å². The number of rotatable bonds is 2. The van der Waals surface area contributed by atoms with Crippen molar-refractivity contribution in [3.05, 3.63) is 64.7 Å². The van der Waals surface area contributed by atoms with Crippen LogP contribution in [-0.4, -0.2) is 17.1 Å². The molecule has 1 aliphatic rings. The van der Waals surface area contributed by atoms with E-state index in [0.29, 0.717) is 22.7 Å². The second-order valence-electron chi connectivity index (χ2n) is 5.19. The number of hydrogen-bond acceptors (Lipinski definition) is 3.